The fourth-order valence-corrected chi connectivity index (χ4v) is 1.41. The molecule has 1 aromatic carbocycles. The first-order valence-electron chi connectivity index (χ1n) is 4.73. The molecule has 0 aliphatic heterocycles. The van der Waals surface area contributed by atoms with Crippen LogP contribution in [0.4, 0.5) is 0 Å². The zero-order chi connectivity index (χ0) is 10.5. The molecule has 0 amide bonds. The Morgan fingerprint density at radius 3 is 2.80 bits per heavy atom. The van der Waals surface area contributed by atoms with Crippen molar-refractivity contribution in [1.29, 1.82) is 0 Å². The van der Waals surface area contributed by atoms with Gasteiger partial charge in [-0.2, -0.15) is 5.10 Å². The lowest BCUT2D eigenvalue weighted by Gasteiger charge is -1.98. The van der Waals surface area contributed by atoms with Gasteiger partial charge in [0.1, 0.15) is 0 Å². The van der Waals surface area contributed by atoms with Crippen LogP contribution in [-0.4, -0.2) is 15.7 Å². The van der Waals surface area contributed by atoms with Crippen LogP contribution in [0.15, 0.2) is 48.8 Å². The van der Waals surface area contributed by atoms with Gasteiger partial charge in [0.25, 0.3) is 0 Å². The SMILES string of the molecule is ClCC=Cc1cnn(-c2ccccc2)c1. The average Bonchev–Trinajstić information content (AvgIpc) is 2.76. The molecule has 1 aromatic heterocycles. The van der Waals surface area contributed by atoms with Crippen LogP contribution >= 0.6 is 11.6 Å². The van der Waals surface area contributed by atoms with Crippen LogP contribution in [-0.2, 0) is 0 Å². The number of halogens is 1. The normalized spacial score (nSPS) is 11.0. The zero-order valence-corrected chi connectivity index (χ0v) is 8.93. The number of rotatable bonds is 3. The van der Waals surface area contributed by atoms with Gasteiger partial charge in [-0.05, 0) is 12.1 Å². The minimum absolute atomic E-state index is 0.524. The van der Waals surface area contributed by atoms with Crippen LogP contribution in [0.1, 0.15) is 5.56 Å². The van der Waals surface area contributed by atoms with Gasteiger partial charge in [0.15, 0.2) is 0 Å². The Morgan fingerprint density at radius 1 is 1.27 bits per heavy atom. The van der Waals surface area contributed by atoms with Gasteiger partial charge >= 0.3 is 0 Å². The lowest BCUT2D eigenvalue weighted by Crippen LogP contribution is -1.92. The molecule has 0 spiro atoms. The fourth-order valence-electron chi connectivity index (χ4n) is 1.33. The number of alkyl halides is 1. The van der Waals surface area contributed by atoms with Crippen LogP contribution in [0.25, 0.3) is 11.8 Å². The van der Waals surface area contributed by atoms with Crippen molar-refractivity contribution in [3.63, 3.8) is 0 Å². The van der Waals surface area contributed by atoms with Gasteiger partial charge in [-0.25, -0.2) is 4.68 Å². The summed E-state index contributed by atoms with van der Waals surface area (Å²) in [5.41, 5.74) is 2.11. The first-order valence-corrected chi connectivity index (χ1v) is 5.26. The Bertz CT molecular complexity index is 446. The number of hydrogen-bond donors (Lipinski definition) is 0. The predicted molar refractivity (Wildman–Crippen MR) is 63.3 cm³/mol. The first-order chi connectivity index (χ1) is 7.40. The summed E-state index contributed by atoms with van der Waals surface area (Å²) in [5, 5.41) is 4.26. The van der Waals surface area contributed by atoms with Crippen molar-refractivity contribution in [3.8, 4) is 5.69 Å². The van der Waals surface area contributed by atoms with E-state index in [4.69, 9.17) is 11.6 Å². The van der Waals surface area contributed by atoms with Crippen LogP contribution in [0.3, 0.4) is 0 Å². The number of aromatic nitrogens is 2. The highest BCUT2D eigenvalue weighted by Crippen LogP contribution is 2.08. The van der Waals surface area contributed by atoms with Crippen molar-refractivity contribution < 1.29 is 0 Å². The van der Waals surface area contributed by atoms with Gasteiger partial charge in [-0.15, -0.1) is 11.6 Å². The second-order valence-corrected chi connectivity index (χ2v) is 3.42. The van der Waals surface area contributed by atoms with E-state index in [2.05, 4.69) is 5.10 Å². The minimum atomic E-state index is 0.524. The van der Waals surface area contributed by atoms with Crippen molar-refractivity contribution in [2.75, 3.05) is 5.88 Å². The van der Waals surface area contributed by atoms with Crippen LogP contribution < -0.4 is 0 Å². The van der Waals surface area contributed by atoms with Crippen molar-refractivity contribution >= 4 is 17.7 Å². The van der Waals surface area contributed by atoms with E-state index in [-0.39, 0.29) is 0 Å². The molecule has 1 heterocycles. The third-order valence-electron chi connectivity index (χ3n) is 2.02. The van der Waals surface area contributed by atoms with Gasteiger partial charge in [0.05, 0.1) is 11.9 Å². The van der Waals surface area contributed by atoms with E-state index < -0.39 is 0 Å². The van der Waals surface area contributed by atoms with E-state index in [0.29, 0.717) is 5.88 Å². The molecule has 0 unspecified atom stereocenters. The molecular formula is C12H11ClN2. The van der Waals surface area contributed by atoms with Crippen molar-refractivity contribution in [2.24, 2.45) is 0 Å². The lowest BCUT2D eigenvalue weighted by atomic mass is 10.3. The number of hydrogen-bond acceptors (Lipinski definition) is 1. The quantitative estimate of drug-likeness (QED) is 0.724. The monoisotopic (exact) mass is 218 g/mol. The average molecular weight is 219 g/mol. The summed E-state index contributed by atoms with van der Waals surface area (Å²) >= 11 is 5.56. The topological polar surface area (TPSA) is 17.8 Å². The summed E-state index contributed by atoms with van der Waals surface area (Å²) in [5.74, 6) is 0.524. The highest BCUT2D eigenvalue weighted by atomic mass is 35.5. The van der Waals surface area contributed by atoms with Crippen molar-refractivity contribution in [3.05, 3.63) is 54.4 Å². The van der Waals surface area contributed by atoms with Crippen molar-refractivity contribution in [2.45, 2.75) is 0 Å². The molecule has 0 atom stereocenters. The van der Waals surface area contributed by atoms with Crippen molar-refractivity contribution in [1.82, 2.24) is 9.78 Å². The van der Waals surface area contributed by atoms with E-state index in [1.165, 1.54) is 0 Å². The summed E-state index contributed by atoms with van der Waals surface area (Å²) in [7, 11) is 0. The van der Waals surface area contributed by atoms with Gasteiger partial charge < -0.3 is 0 Å². The van der Waals surface area contributed by atoms with E-state index in [9.17, 15) is 0 Å². The van der Waals surface area contributed by atoms with Gasteiger partial charge in [0.2, 0.25) is 0 Å². The summed E-state index contributed by atoms with van der Waals surface area (Å²) in [6.07, 6.45) is 7.64. The minimum Gasteiger partial charge on any atom is -0.240 e. The molecule has 0 fully saturated rings. The van der Waals surface area contributed by atoms with Gasteiger partial charge in [-0.1, -0.05) is 30.4 Å². The lowest BCUT2D eigenvalue weighted by molar-refractivity contribution is 0.880. The largest absolute Gasteiger partial charge is 0.240 e. The fraction of sp³-hybridized carbons (Fsp3) is 0.0833. The number of para-hydroxylation sites is 1. The Labute approximate surface area is 93.8 Å². The second-order valence-electron chi connectivity index (χ2n) is 3.11. The smallest absolute Gasteiger partial charge is 0.0645 e. The molecule has 15 heavy (non-hydrogen) atoms. The standard InChI is InChI=1S/C12H11ClN2/c13-8-4-5-11-9-14-15(10-11)12-6-2-1-3-7-12/h1-7,9-10H,8H2. The Hall–Kier alpha value is -1.54. The molecule has 2 aromatic rings. The number of benzene rings is 1. The van der Waals surface area contributed by atoms with Crippen LogP contribution in [0, 0.1) is 0 Å². The third-order valence-corrected chi connectivity index (χ3v) is 2.20. The molecule has 0 N–H and O–H groups in total. The molecule has 0 saturated carbocycles. The summed E-state index contributed by atoms with van der Waals surface area (Å²) < 4.78 is 1.84. The molecule has 0 saturated heterocycles. The van der Waals surface area contributed by atoms with E-state index in [1.54, 1.807) is 0 Å². The second kappa shape index (κ2) is 4.80. The highest BCUT2D eigenvalue weighted by Gasteiger charge is 1.96. The molecule has 0 radical (unpaired) electrons. The van der Waals surface area contributed by atoms with E-state index in [1.807, 2.05) is 59.6 Å². The third kappa shape index (κ3) is 2.48. The maximum atomic E-state index is 5.56. The van der Waals surface area contributed by atoms with E-state index in [0.717, 1.165) is 11.3 Å². The molecule has 0 aliphatic carbocycles. The van der Waals surface area contributed by atoms with Crippen LogP contribution in [0.2, 0.25) is 0 Å². The maximum Gasteiger partial charge on any atom is 0.0645 e. The molecule has 0 aliphatic rings. The molecule has 3 heteroatoms. The summed E-state index contributed by atoms with van der Waals surface area (Å²) in [4.78, 5) is 0. The molecule has 0 bridgehead atoms. The Kier molecular flexibility index (Phi) is 3.20. The van der Waals surface area contributed by atoms with Crippen LogP contribution in [0.5, 0.6) is 0 Å². The summed E-state index contributed by atoms with van der Waals surface area (Å²) in [6, 6.07) is 10.0. The molecule has 2 rings (SSSR count). The number of allylic oxidation sites excluding steroid dienone is 1. The highest BCUT2D eigenvalue weighted by molar-refractivity contribution is 6.19. The Balaban J connectivity index is 2.24. The number of nitrogens with zero attached hydrogens (tertiary/aromatic N) is 2. The summed E-state index contributed by atoms with van der Waals surface area (Å²) in [6.45, 7) is 0. The predicted octanol–water partition coefficient (Wildman–Crippen LogP) is 3.12. The molecule has 2 nitrogen and oxygen atoms in total. The Morgan fingerprint density at radius 2 is 2.07 bits per heavy atom. The molecule has 76 valence electrons. The van der Waals surface area contributed by atoms with Gasteiger partial charge in [-0.3, -0.25) is 0 Å². The molecular weight excluding hydrogens is 208 g/mol. The first kappa shape index (κ1) is 9.99. The zero-order valence-electron chi connectivity index (χ0n) is 8.18. The van der Waals surface area contributed by atoms with Gasteiger partial charge in [0, 0.05) is 17.6 Å². The maximum absolute atomic E-state index is 5.56. The van der Waals surface area contributed by atoms with E-state index >= 15 is 0 Å².